The molecule has 7 rings (SSSR count). The number of hydrogen-bond acceptors (Lipinski definition) is 8. The molecular weight excluding hydrogens is 561 g/mol. The largest absolute Gasteiger partial charge is 0.390 e. The van der Waals surface area contributed by atoms with Crippen molar-refractivity contribution >= 4 is 46.3 Å². The number of para-hydroxylation sites is 4. The maximum atomic E-state index is 11.2. The number of fused-ring (bicyclic) bond motifs is 4. The summed E-state index contributed by atoms with van der Waals surface area (Å²) in [5, 5.41) is 22.4. The number of rotatable bonds is 8. The van der Waals surface area contributed by atoms with Crippen LogP contribution in [0.2, 0.25) is 0 Å². The van der Waals surface area contributed by atoms with Crippen LogP contribution in [0.5, 0.6) is 0 Å². The lowest BCUT2D eigenvalue weighted by molar-refractivity contribution is 0.0529. The molecule has 0 unspecified atom stereocenters. The van der Waals surface area contributed by atoms with Gasteiger partial charge in [0.2, 0.25) is 0 Å². The maximum Gasteiger partial charge on any atom is 0.0845 e. The summed E-state index contributed by atoms with van der Waals surface area (Å²) < 4.78 is 0. The highest BCUT2D eigenvalue weighted by atomic mass is 32.2. The van der Waals surface area contributed by atoms with E-state index in [4.69, 9.17) is 0 Å². The van der Waals surface area contributed by atoms with Crippen LogP contribution in [0.25, 0.3) is 0 Å². The summed E-state index contributed by atoms with van der Waals surface area (Å²) in [4.78, 5) is 14.2. The predicted molar refractivity (Wildman–Crippen MR) is 173 cm³/mol. The number of hydrogen-bond donors (Lipinski definition) is 2. The van der Waals surface area contributed by atoms with E-state index in [1.165, 1.54) is 19.6 Å². The average molecular weight is 597 g/mol. The van der Waals surface area contributed by atoms with Gasteiger partial charge in [-0.25, -0.2) is 0 Å². The zero-order valence-electron chi connectivity index (χ0n) is 23.5. The van der Waals surface area contributed by atoms with E-state index in [9.17, 15) is 10.2 Å². The van der Waals surface area contributed by atoms with Gasteiger partial charge in [0.25, 0.3) is 0 Å². The number of nitrogens with zero attached hydrogens (tertiary/aromatic N) is 4. The first-order chi connectivity index (χ1) is 20.6. The molecule has 216 valence electrons. The third kappa shape index (κ3) is 5.80. The molecule has 0 aliphatic carbocycles. The van der Waals surface area contributed by atoms with Crippen molar-refractivity contribution in [2.24, 2.45) is 0 Å². The average Bonchev–Trinajstić information content (AvgIpc) is 3.02. The second-order valence-electron chi connectivity index (χ2n) is 11.2. The van der Waals surface area contributed by atoms with Crippen molar-refractivity contribution in [3.05, 3.63) is 97.1 Å². The number of aliphatic hydroxyl groups is 2. The molecule has 0 radical (unpaired) electrons. The molecule has 0 spiro atoms. The third-order valence-electron chi connectivity index (χ3n) is 8.25. The molecule has 6 nitrogen and oxygen atoms in total. The first-order valence-electron chi connectivity index (χ1n) is 14.7. The zero-order chi connectivity index (χ0) is 28.5. The fourth-order valence-electron chi connectivity index (χ4n) is 6.24. The number of anilines is 4. The van der Waals surface area contributed by atoms with Crippen LogP contribution >= 0.6 is 23.5 Å². The van der Waals surface area contributed by atoms with Gasteiger partial charge in [0.1, 0.15) is 0 Å². The van der Waals surface area contributed by atoms with E-state index in [0.29, 0.717) is 26.2 Å². The van der Waals surface area contributed by atoms with Crippen LogP contribution in [0.3, 0.4) is 0 Å². The van der Waals surface area contributed by atoms with E-state index in [1.54, 1.807) is 23.5 Å². The lowest BCUT2D eigenvalue weighted by Gasteiger charge is -2.39. The Bertz CT molecular complexity index is 1340. The van der Waals surface area contributed by atoms with Crippen LogP contribution < -0.4 is 9.80 Å². The van der Waals surface area contributed by atoms with Crippen LogP contribution in [-0.4, -0.2) is 84.6 Å². The summed E-state index contributed by atoms with van der Waals surface area (Å²) in [6, 6.07) is 33.8. The second-order valence-corrected chi connectivity index (χ2v) is 13.4. The minimum atomic E-state index is -0.469. The minimum absolute atomic E-state index is 0.469. The maximum absolute atomic E-state index is 11.2. The quantitative estimate of drug-likeness (QED) is 0.260. The standard InChI is InChI=1S/C34H36N4O2S2/c39-25(23-37-27-9-1-5-13-31(27)41-32-14-6-2-10-28(32)37)21-35-17-19-36(20-18-35)22-26(40)24-38-29-11-3-7-15-33(29)42-34-16-8-4-12-30(34)38/h1-16,25-26,39-40H,17-24H2/t25-,26+. The highest BCUT2D eigenvalue weighted by Crippen LogP contribution is 2.49. The van der Waals surface area contributed by atoms with E-state index < -0.39 is 12.2 Å². The van der Waals surface area contributed by atoms with Crippen molar-refractivity contribution in [1.82, 2.24) is 9.80 Å². The normalized spacial score (nSPS) is 18.0. The third-order valence-corrected chi connectivity index (χ3v) is 10.5. The molecule has 0 bridgehead atoms. The fraction of sp³-hybridized carbons (Fsp3) is 0.294. The van der Waals surface area contributed by atoms with E-state index >= 15 is 0 Å². The molecule has 0 aromatic heterocycles. The molecule has 1 saturated heterocycles. The second kappa shape index (κ2) is 12.3. The smallest absolute Gasteiger partial charge is 0.0845 e. The lowest BCUT2D eigenvalue weighted by atomic mass is 10.1. The highest BCUT2D eigenvalue weighted by Gasteiger charge is 2.28. The van der Waals surface area contributed by atoms with Crippen molar-refractivity contribution in [2.45, 2.75) is 31.8 Å². The number of piperazine rings is 1. The van der Waals surface area contributed by atoms with Gasteiger partial charge in [-0.1, -0.05) is 72.1 Å². The van der Waals surface area contributed by atoms with Crippen molar-refractivity contribution in [2.75, 3.05) is 62.2 Å². The van der Waals surface area contributed by atoms with Crippen molar-refractivity contribution < 1.29 is 10.2 Å². The molecule has 3 heterocycles. The Labute approximate surface area is 256 Å². The Balaban J connectivity index is 0.937. The molecule has 3 aliphatic heterocycles. The van der Waals surface area contributed by atoms with Gasteiger partial charge in [0, 0.05) is 58.9 Å². The van der Waals surface area contributed by atoms with Crippen LogP contribution in [0, 0.1) is 0 Å². The van der Waals surface area contributed by atoms with Gasteiger partial charge in [-0.2, -0.15) is 0 Å². The van der Waals surface area contributed by atoms with Gasteiger partial charge < -0.3 is 20.0 Å². The van der Waals surface area contributed by atoms with Crippen LogP contribution in [-0.2, 0) is 0 Å². The van der Waals surface area contributed by atoms with Crippen LogP contribution in [0.4, 0.5) is 22.7 Å². The summed E-state index contributed by atoms with van der Waals surface area (Å²) in [6.07, 6.45) is -0.938. The summed E-state index contributed by atoms with van der Waals surface area (Å²) in [5.41, 5.74) is 4.65. The molecule has 1 fully saturated rings. The molecule has 4 aromatic carbocycles. The van der Waals surface area contributed by atoms with E-state index in [-0.39, 0.29) is 0 Å². The van der Waals surface area contributed by atoms with E-state index in [1.807, 2.05) is 0 Å². The molecule has 2 atom stereocenters. The molecule has 0 amide bonds. The minimum Gasteiger partial charge on any atom is -0.390 e. The molecule has 8 heteroatoms. The summed E-state index contributed by atoms with van der Waals surface area (Å²) in [7, 11) is 0. The lowest BCUT2D eigenvalue weighted by Crippen LogP contribution is -2.52. The van der Waals surface area contributed by atoms with Crippen molar-refractivity contribution in [3.8, 4) is 0 Å². The highest BCUT2D eigenvalue weighted by molar-refractivity contribution is 8.00. The van der Waals surface area contributed by atoms with Crippen LogP contribution in [0.15, 0.2) is 117 Å². The van der Waals surface area contributed by atoms with Crippen molar-refractivity contribution in [1.29, 1.82) is 0 Å². The predicted octanol–water partition coefficient (Wildman–Crippen LogP) is 5.93. The van der Waals surface area contributed by atoms with Crippen molar-refractivity contribution in [3.63, 3.8) is 0 Å². The van der Waals surface area contributed by atoms with Gasteiger partial charge in [-0.05, 0) is 48.5 Å². The molecule has 4 aromatic rings. The molecule has 0 saturated carbocycles. The Morgan fingerprint density at radius 3 is 1.05 bits per heavy atom. The Hall–Kier alpha value is -2.98. The SMILES string of the molecule is O[C@H](CN1CCN(C[C@H](O)CN2c3ccccc3Sc3ccccc32)CC1)CN1c2ccccc2Sc2ccccc21. The topological polar surface area (TPSA) is 53.4 Å². The Morgan fingerprint density at radius 2 is 0.738 bits per heavy atom. The Kier molecular flexibility index (Phi) is 8.17. The van der Waals surface area contributed by atoms with Gasteiger partial charge in [-0.15, -0.1) is 0 Å². The van der Waals surface area contributed by atoms with Gasteiger partial charge in [-0.3, -0.25) is 9.80 Å². The zero-order valence-corrected chi connectivity index (χ0v) is 25.2. The van der Waals surface area contributed by atoms with E-state index in [0.717, 1.165) is 48.9 Å². The number of β-amino-alcohol motifs (C(OH)–C–C–N with tert-alkyl or cyclic N) is 2. The number of benzene rings is 4. The monoisotopic (exact) mass is 596 g/mol. The van der Waals surface area contributed by atoms with Crippen LogP contribution in [0.1, 0.15) is 0 Å². The summed E-state index contributed by atoms with van der Waals surface area (Å²) in [6.45, 7) is 5.96. The fourth-order valence-corrected chi connectivity index (χ4v) is 8.43. The van der Waals surface area contributed by atoms with Gasteiger partial charge in [0.15, 0.2) is 0 Å². The summed E-state index contributed by atoms with van der Waals surface area (Å²) >= 11 is 3.59. The molecule has 42 heavy (non-hydrogen) atoms. The van der Waals surface area contributed by atoms with E-state index in [2.05, 4.69) is 117 Å². The number of aliphatic hydroxyl groups excluding tert-OH is 2. The summed E-state index contributed by atoms with van der Waals surface area (Å²) in [5.74, 6) is 0. The molecular formula is C34H36N4O2S2. The first kappa shape index (κ1) is 27.8. The van der Waals surface area contributed by atoms with Gasteiger partial charge in [0.05, 0.1) is 48.0 Å². The molecule has 3 aliphatic rings. The Morgan fingerprint density at radius 1 is 0.452 bits per heavy atom. The first-order valence-corrected chi connectivity index (χ1v) is 16.3. The van der Waals surface area contributed by atoms with Gasteiger partial charge >= 0.3 is 0 Å². The molecule has 2 N–H and O–H groups in total.